The van der Waals surface area contributed by atoms with E-state index in [-0.39, 0.29) is 5.69 Å². The van der Waals surface area contributed by atoms with Crippen LogP contribution in [0, 0.1) is 13.8 Å². The van der Waals surface area contributed by atoms with Crippen LogP contribution in [-0.4, -0.2) is 25.0 Å². The highest BCUT2D eigenvalue weighted by atomic mass is 79.9. The molecule has 1 aromatic carbocycles. The van der Waals surface area contributed by atoms with Crippen LogP contribution in [0.5, 0.6) is 0 Å². The summed E-state index contributed by atoms with van der Waals surface area (Å²) < 4.78 is 4.37. The van der Waals surface area contributed by atoms with Crippen molar-refractivity contribution >= 4 is 38.7 Å². The van der Waals surface area contributed by atoms with Gasteiger partial charge in [0.15, 0.2) is 5.69 Å². The first-order valence-corrected chi connectivity index (χ1v) is 6.58. The number of rotatable bonds is 1. The van der Waals surface area contributed by atoms with Crippen LogP contribution < -0.4 is 0 Å². The lowest BCUT2D eigenvalue weighted by atomic mass is 10.2. The number of aromatic carboxylic acids is 1. The molecule has 0 fully saturated rings. The summed E-state index contributed by atoms with van der Waals surface area (Å²) in [6, 6.07) is 3.92. The molecule has 5 nitrogen and oxygen atoms in total. The highest BCUT2D eigenvalue weighted by Crippen LogP contribution is 2.29. The lowest BCUT2D eigenvalue weighted by molar-refractivity contribution is 0.0688. The van der Waals surface area contributed by atoms with Crippen molar-refractivity contribution in [2.45, 2.75) is 13.8 Å². The van der Waals surface area contributed by atoms with Crippen molar-refractivity contribution in [2.75, 3.05) is 0 Å². The Morgan fingerprint density at radius 2 is 2.05 bits per heavy atom. The molecule has 98 valence electrons. The van der Waals surface area contributed by atoms with Crippen molar-refractivity contribution in [3.63, 3.8) is 0 Å². The van der Waals surface area contributed by atoms with E-state index in [0.29, 0.717) is 11.5 Å². The van der Waals surface area contributed by atoms with Crippen molar-refractivity contribution in [3.05, 3.63) is 33.6 Å². The van der Waals surface area contributed by atoms with Crippen molar-refractivity contribution in [1.82, 2.24) is 14.0 Å². The molecule has 6 heteroatoms. The molecule has 0 spiro atoms. The molecule has 0 saturated heterocycles. The number of imidazole rings is 2. The fraction of sp³-hybridized carbons (Fsp3) is 0.231. The van der Waals surface area contributed by atoms with Crippen molar-refractivity contribution in [3.8, 4) is 0 Å². The number of aryl methyl sites for hydroxylation is 2. The molecular formula is C13H12BrN3O2. The average molecular weight is 322 g/mol. The van der Waals surface area contributed by atoms with Crippen LogP contribution in [0.4, 0.5) is 0 Å². The SMILES string of the molecule is Cc1cc(Br)c2nc3n(C)c(C)c(C(=O)O)n3c2c1. The Morgan fingerprint density at radius 1 is 1.37 bits per heavy atom. The van der Waals surface area contributed by atoms with Gasteiger partial charge < -0.3 is 9.67 Å². The number of halogens is 1. The largest absolute Gasteiger partial charge is 0.477 e. The Bertz CT molecular complexity index is 845. The Morgan fingerprint density at radius 3 is 2.68 bits per heavy atom. The maximum atomic E-state index is 11.5. The van der Waals surface area contributed by atoms with Crippen LogP contribution in [0.3, 0.4) is 0 Å². The number of carboxylic acids is 1. The third kappa shape index (κ3) is 1.53. The predicted octanol–water partition coefficient (Wildman–Crippen LogP) is 2.90. The van der Waals surface area contributed by atoms with E-state index in [1.54, 1.807) is 15.9 Å². The zero-order valence-electron chi connectivity index (χ0n) is 10.7. The first kappa shape index (κ1) is 12.2. The van der Waals surface area contributed by atoms with Gasteiger partial charge in [-0.25, -0.2) is 9.78 Å². The van der Waals surface area contributed by atoms with E-state index in [2.05, 4.69) is 20.9 Å². The predicted molar refractivity (Wildman–Crippen MR) is 75.8 cm³/mol. The molecule has 2 aromatic heterocycles. The summed E-state index contributed by atoms with van der Waals surface area (Å²) in [5, 5.41) is 9.42. The Balaban J connectivity index is 2.63. The second-order valence-electron chi connectivity index (χ2n) is 4.66. The van der Waals surface area contributed by atoms with Crippen LogP contribution in [0.25, 0.3) is 16.8 Å². The molecule has 0 aliphatic heterocycles. The summed E-state index contributed by atoms with van der Waals surface area (Å²) in [7, 11) is 1.82. The van der Waals surface area contributed by atoms with Gasteiger partial charge in [0, 0.05) is 17.2 Å². The molecule has 2 heterocycles. The standard InChI is InChI=1S/C13H12BrN3O2/c1-6-4-8(14)10-9(5-6)17-11(12(18)19)7(2)16(3)13(17)15-10/h4-5H,1-3H3,(H,18,19). The quantitative estimate of drug-likeness (QED) is 0.749. The highest BCUT2D eigenvalue weighted by molar-refractivity contribution is 9.10. The van der Waals surface area contributed by atoms with Gasteiger partial charge in [-0.1, -0.05) is 0 Å². The van der Waals surface area contributed by atoms with Crippen molar-refractivity contribution < 1.29 is 9.90 Å². The van der Waals surface area contributed by atoms with Crippen molar-refractivity contribution in [2.24, 2.45) is 7.05 Å². The number of benzene rings is 1. The summed E-state index contributed by atoms with van der Waals surface area (Å²) >= 11 is 3.48. The molecule has 0 saturated carbocycles. The number of aromatic nitrogens is 3. The molecule has 0 amide bonds. The molecule has 19 heavy (non-hydrogen) atoms. The summed E-state index contributed by atoms with van der Waals surface area (Å²) in [5.74, 6) is -0.309. The second kappa shape index (κ2) is 3.84. The Hall–Kier alpha value is -1.82. The molecule has 0 atom stereocenters. The van der Waals surface area contributed by atoms with Crippen LogP contribution >= 0.6 is 15.9 Å². The molecule has 3 aromatic rings. The maximum absolute atomic E-state index is 11.5. The summed E-state index contributed by atoms with van der Waals surface area (Å²) in [6.07, 6.45) is 0. The van der Waals surface area contributed by atoms with Crippen LogP contribution in [-0.2, 0) is 7.05 Å². The highest BCUT2D eigenvalue weighted by Gasteiger charge is 2.22. The van der Waals surface area contributed by atoms with Gasteiger partial charge in [-0.2, -0.15) is 0 Å². The third-order valence-corrected chi connectivity index (χ3v) is 4.02. The number of fused-ring (bicyclic) bond motifs is 3. The zero-order valence-corrected chi connectivity index (χ0v) is 12.3. The van der Waals surface area contributed by atoms with Crippen LogP contribution in [0.1, 0.15) is 21.7 Å². The molecule has 0 unspecified atom stereocenters. The molecule has 3 rings (SSSR count). The van der Waals surface area contributed by atoms with E-state index in [9.17, 15) is 9.90 Å². The van der Waals surface area contributed by atoms with Gasteiger partial charge in [0.05, 0.1) is 5.52 Å². The maximum Gasteiger partial charge on any atom is 0.354 e. The first-order chi connectivity index (χ1) is 8.91. The first-order valence-electron chi connectivity index (χ1n) is 5.78. The fourth-order valence-electron chi connectivity index (χ4n) is 2.42. The zero-order chi connectivity index (χ0) is 13.9. The topological polar surface area (TPSA) is 59.5 Å². The minimum Gasteiger partial charge on any atom is -0.477 e. The van der Waals surface area contributed by atoms with Gasteiger partial charge in [-0.15, -0.1) is 0 Å². The normalized spacial score (nSPS) is 11.6. The summed E-state index contributed by atoms with van der Waals surface area (Å²) in [5.41, 5.74) is 3.59. The minimum absolute atomic E-state index is 0.262. The van der Waals surface area contributed by atoms with Gasteiger partial charge >= 0.3 is 5.97 Å². The van der Waals surface area contributed by atoms with Crippen LogP contribution in [0.15, 0.2) is 16.6 Å². The Kier molecular flexibility index (Phi) is 2.47. The second-order valence-corrected chi connectivity index (χ2v) is 5.51. The van der Waals surface area contributed by atoms with Gasteiger partial charge in [0.2, 0.25) is 5.78 Å². The Labute approximate surface area is 117 Å². The monoisotopic (exact) mass is 321 g/mol. The van der Waals surface area contributed by atoms with Crippen LogP contribution in [0.2, 0.25) is 0 Å². The minimum atomic E-state index is -0.944. The molecule has 0 aliphatic rings. The smallest absolute Gasteiger partial charge is 0.354 e. The summed E-state index contributed by atoms with van der Waals surface area (Å²) in [6.45, 7) is 3.76. The van der Waals surface area contributed by atoms with Crippen molar-refractivity contribution in [1.29, 1.82) is 0 Å². The molecular weight excluding hydrogens is 310 g/mol. The van der Waals surface area contributed by atoms with Gasteiger partial charge in [-0.05, 0) is 47.5 Å². The number of hydrogen-bond donors (Lipinski definition) is 1. The molecule has 0 aliphatic carbocycles. The van der Waals surface area contributed by atoms with Gasteiger partial charge in [0.1, 0.15) is 5.52 Å². The number of nitrogens with zero attached hydrogens (tertiary/aromatic N) is 3. The van der Waals surface area contributed by atoms with E-state index in [1.165, 1.54) is 0 Å². The van der Waals surface area contributed by atoms with Gasteiger partial charge in [-0.3, -0.25) is 4.40 Å². The van der Waals surface area contributed by atoms with Gasteiger partial charge in [0.25, 0.3) is 0 Å². The average Bonchev–Trinajstić information content (AvgIpc) is 2.78. The lowest BCUT2D eigenvalue weighted by Gasteiger charge is -2.00. The molecule has 1 N–H and O–H groups in total. The lowest BCUT2D eigenvalue weighted by Crippen LogP contribution is -2.04. The fourth-order valence-corrected chi connectivity index (χ4v) is 3.07. The van der Waals surface area contributed by atoms with E-state index in [1.807, 2.05) is 26.1 Å². The molecule has 0 bridgehead atoms. The molecule has 0 radical (unpaired) electrons. The third-order valence-electron chi connectivity index (χ3n) is 3.41. The van der Waals surface area contributed by atoms with E-state index >= 15 is 0 Å². The number of carboxylic acid groups (broad SMARTS) is 1. The number of hydrogen-bond acceptors (Lipinski definition) is 2. The summed E-state index contributed by atoms with van der Waals surface area (Å²) in [4.78, 5) is 16.0. The van der Waals surface area contributed by atoms with E-state index < -0.39 is 5.97 Å². The number of carbonyl (C=O) groups is 1. The van der Waals surface area contributed by atoms with E-state index in [0.717, 1.165) is 21.1 Å². The van der Waals surface area contributed by atoms with E-state index in [4.69, 9.17) is 0 Å².